The maximum Gasteiger partial charge on any atom is 0.136 e. The monoisotopic (exact) mass is 353 g/mol. The van der Waals surface area contributed by atoms with E-state index < -0.39 is 0 Å². The van der Waals surface area contributed by atoms with Crippen LogP contribution in [0.25, 0.3) is 0 Å². The fraction of sp³-hybridized carbons (Fsp3) is 0.611. The van der Waals surface area contributed by atoms with Gasteiger partial charge in [-0.15, -0.1) is 0 Å². The summed E-state index contributed by atoms with van der Waals surface area (Å²) in [5.74, 6) is 1.92. The molecule has 1 N–H and O–H groups in total. The summed E-state index contributed by atoms with van der Waals surface area (Å²) in [6.45, 7) is 11.8. The molecule has 0 atom stereocenters. The molecule has 1 aromatic carbocycles. The number of hydrogen-bond donors (Lipinski definition) is 1. The fourth-order valence-electron chi connectivity index (χ4n) is 2.69. The first-order valence-corrected chi connectivity index (χ1v) is 9.64. The molecule has 1 heterocycles. The van der Waals surface area contributed by atoms with E-state index in [1.54, 1.807) is 11.8 Å². The summed E-state index contributed by atoms with van der Waals surface area (Å²) in [5.41, 5.74) is 3.30. The molecule has 0 spiro atoms. The summed E-state index contributed by atoms with van der Waals surface area (Å²) in [6.07, 6.45) is 0. The van der Waals surface area contributed by atoms with Gasteiger partial charge in [-0.2, -0.15) is 0 Å². The Bertz CT molecular complexity index is 523. The van der Waals surface area contributed by atoms with Crippen LogP contribution in [0.1, 0.15) is 56.2 Å². The molecule has 0 saturated carbocycles. The predicted molar refractivity (Wildman–Crippen MR) is 103 cm³/mol. The summed E-state index contributed by atoms with van der Waals surface area (Å²) in [4.78, 5) is 2.22. The van der Waals surface area contributed by atoms with E-state index in [-0.39, 0.29) is 0 Å². The second kappa shape index (κ2) is 8.36. The van der Waals surface area contributed by atoms with Gasteiger partial charge in [0, 0.05) is 18.8 Å². The van der Waals surface area contributed by atoms with Gasteiger partial charge in [0.2, 0.25) is 0 Å². The topological polar surface area (TPSA) is 32.7 Å². The number of thioether (sulfide) groups is 1. The van der Waals surface area contributed by atoms with Crippen LogP contribution in [0.3, 0.4) is 0 Å². The van der Waals surface area contributed by atoms with Gasteiger partial charge in [-0.1, -0.05) is 63.8 Å². The minimum atomic E-state index is 0.309. The van der Waals surface area contributed by atoms with E-state index in [4.69, 9.17) is 17.0 Å². The van der Waals surface area contributed by atoms with Gasteiger partial charge in [0.25, 0.3) is 0 Å². The van der Waals surface area contributed by atoms with E-state index in [1.165, 1.54) is 5.56 Å². The molecule has 1 saturated heterocycles. The number of thiocarbonyl (C=S) groups is 1. The van der Waals surface area contributed by atoms with Crippen molar-refractivity contribution >= 4 is 28.3 Å². The van der Waals surface area contributed by atoms with Gasteiger partial charge >= 0.3 is 0 Å². The van der Waals surface area contributed by atoms with E-state index in [2.05, 4.69) is 44.7 Å². The summed E-state index contributed by atoms with van der Waals surface area (Å²) < 4.78 is 6.31. The van der Waals surface area contributed by atoms with Gasteiger partial charge in [0.1, 0.15) is 10.1 Å². The van der Waals surface area contributed by atoms with Crippen LogP contribution in [-0.2, 0) is 10.5 Å². The minimum absolute atomic E-state index is 0.309. The summed E-state index contributed by atoms with van der Waals surface area (Å²) in [6, 6.07) is 4.25. The summed E-state index contributed by atoms with van der Waals surface area (Å²) >= 11 is 7.25. The number of benzene rings is 1. The van der Waals surface area contributed by atoms with Crippen molar-refractivity contribution in [1.82, 2.24) is 4.90 Å². The lowest BCUT2D eigenvalue weighted by molar-refractivity contribution is 0.0702. The summed E-state index contributed by atoms with van der Waals surface area (Å²) in [5, 5.41) is 10.5. The molecular weight excluding hydrogens is 326 g/mol. The molecule has 0 bridgehead atoms. The average Bonchev–Trinajstić information content (AvgIpc) is 2.53. The van der Waals surface area contributed by atoms with Crippen molar-refractivity contribution in [3.8, 4) is 5.75 Å². The van der Waals surface area contributed by atoms with Crippen LogP contribution in [0.4, 0.5) is 0 Å². The summed E-state index contributed by atoms with van der Waals surface area (Å²) in [7, 11) is 0. The molecule has 5 heteroatoms. The minimum Gasteiger partial charge on any atom is -0.507 e. The van der Waals surface area contributed by atoms with Crippen molar-refractivity contribution in [2.24, 2.45) is 0 Å². The molecule has 2 rings (SSSR count). The van der Waals surface area contributed by atoms with Crippen molar-refractivity contribution < 1.29 is 9.84 Å². The predicted octanol–water partition coefficient (Wildman–Crippen LogP) is 4.49. The first kappa shape index (κ1) is 18.6. The highest BCUT2D eigenvalue weighted by atomic mass is 32.2. The lowest BCUT2D eigenvalue weighted by Gasteiger charge is -2.28. The van der Waals surface area contributed by atoms with E-state index in [1.807, 2.05) is 0 Å². The number of phenols is 1. The lowest BCUT2D eigenvalue weighted by Crippen LogP contribution is -2.38. The Kier molecular flexibility index (Phi) is 6.74. The van der Waals surface area contributed by atoms with E-state index >= 15 is 0 Å². The van der Waals surface area contributed by atoms with Crippen LogP contribution in [0.5, 0.6) is 5.75 Å². The molecule has 0 unspecified atom stereocenters. The normalized spacial score (nSPS) is 15.5. The van der Waals surface area contributed by atoms with Gasteiger partial charge in [0.05, 0.1) is 13.2 Å². The first-order valence-electron chi connectivity index (χ1n) is 8.25. The Morgan fingerprint density at radius 1 is 1.17 bits per heavy atom. The van der Waals surface area contributed by atoms with Gasteiger partial charge in [-0.05, 0) is 28.5 Å². The number of phenolic OH excluding ortho intramolecular Hbond substituents is 1. The third-order valence-electron chi connectivity index (χ3n) is 4.10. The Morgan fingerprint density at radius 3 is 2.17 bits per heavy atom. The Hall–Kier alpha value is -0.780. The zero-order valence-electron chi connectivity index (χ0n) is 14.5. The van der Waals surface area contributed by atoms with Gasteiger partial charge < -0.3 is 14.7 Å². The quantitative estimate of drug-likeness (QED) is 0.807. The van der Waals surface area contributed by atoms with Gasteiger partial charge in [-0.3, -0.25) is 0 Å². The third kappa shape index (κ3) is 4.85. The molecule has 0 aromatic heterocycles. The fourth-order valence-corrected chi connectivity index (χ4v) is 3.87. The number of morpholine rings is 1. The SMILES string of the molecule is CC(C)c1cc(CSC(=S)N2CCOCC2)cc(C(C)C)c1O. The second-order valence-corrected chi connectivity index (χ2v) is 8.20. The van der Waals surface area contributed by atoms with Crippen molar-refractivity contribution in [2.45, 2.75) is 45.3 Å². The van der Waals surface area contributed by atoms with Crippen LogP contribution in [-0.4, -0.2) is 40.6 Å². The van der Waals surface area contributed by atoms with Crippen LogP contribution in [0, 0.1) is 0 Å². The molecule has 0 aliphatic carbocycles. The zero-order valence-corrected chi connectivity index (χ0v) is 16.1. The second-order valence-electron chi connectivity index (χ2n) is 6.59. The van der Waals surface area contributed by atoms with E-state index in [0.29, 0.717) is 17.6 Å². The molecule has 1 aromatic rings. The number of rotatable bonds is 4. The van der Waals surface area contributed by atoms with E-state index in [0.717, 1.165) is 47.5 Å². The number of ether oxygens (including phenoxy) is 1. The molecule has 3 nitrogen and oxygen atoms in total. The smallest absolute Gasteiger partial charge is 0.136 e. The Morgan fingerprint density at radius 2 is 1.70 bits per heavy atom. The highest BCUT2D eigenvalue weighted by Crippen LogP contribution is 2.35. The molecule has 128 valence electrons. The average molecular weight is 354 g/mol. The number of aromatic hydroxyl groups is 1. The molecular formula is C18H27NO2S2. The van der Waals surface area contributed by atoms with Crippen molar-refractivity contribution in [2.75, 3.05) is 26.3 Å². The maximum absolute atomic E-state index is 10.5. The third-order valence-corrected chi connectivity index (χ3v) is 5.70. The van der Waals surface area contributed by atoms with Crippen LogP contribution < -0.4 is 0 Å². The van der Waals surface area contributed by atoms with Gasteiger partial charge in [-0.25, -0.2) is 0 Å². The van der Waals surface area contributed by atoms with Crippen LogP contribution in [0.2, 0.25) is 0 Å². The molecule has 0 radical (unpaired) electrons. The van der Waals surface area contributed by atoms with Crippen molar-refractivity contribution in [1.29, 1.82) is 0 Å². The number of hydrogen-bond acceptors (Lipinski definition) is 4. The largest absolute Gasteiger partial charge is 0.507 e. The van der Waals surface area contributed by atoms with Gasteiger partial charge in [0.15, 0.2) is 0 Å². The van der Waals surface area contributed by atoms with Crippen molar-refractivity contribution in [3.05, 3.63) is 28.8 Å². The number of nitrogens with zero attached hydrogens (tertiary/aromatic N) is 1. The molecule has 1 fully saturated rings. The van der Waals surface area contributed by atoms with E-state index in [9.17, 15) is 5.11 Å². The zero-order chi connectivity index (χ0) is 17.0. The standard InChI is InChI=1S/C18H27NO2S2/c1-12(2)15-9-14(10-16(13(3)4)17(15)20)11-23-18(22)19-5-7-21-8-6-19/h9-10,12-13,20H,5-8,11H2,1-4H3. The van der Waals surface area contributed by atoms with Crippen molar-refractivity contribution in [3.63, 3.8) is 0 Å². The molecule has 1 aliphatic heterocycles. The molecule has 1 aliphatic rings. The molecule has 23 heavy (non-hydrogen) atoms. The highest BCUT2D eigenvalue weighted by Gasteiger charge is 2.17. The van der Waals surface area contributed by atoms with Crippen LogP contribution >= 0.6 is 24.0 Å². The maximum atomic E-state index is 10.5. The molecule has 0 amide bonds. The first-order chi connectivity index (χ1) is 10.9. The lowest BCUT2D eigenvalue weighted by atomic mass is 9.92. The Balaban J connectivity index is 2.11. The Labute approximate surface area is 149 Å². The highest BCUT2D eigenvalue weighted by molar-refractivity contribution is 8.22. The van der Waals surface area contributed by atoms with Crippen LogP contribution in [0.15, 0.2) is 12.1 Å².